The molecule has 0 aliphatic heterocycles. The maximum absolute atomic E-state index is 12.8. The van der Waals surface area contributed by atoms with Crippen LogP contribution in [0.4, 0.5) is 13.2 Å². The first-order valence-corrected chi connectivity index (χ1v) is 5.08. The van der Waals surface area contributed by atoms with Gasteiger partial charge in [-0.1, -0.05) is 0 Å². The Kier molecular flexibility index (Phi) is 2.84. The van der Waals surface area contributed by atoms with Gasteiger partial charge < -0.3 is 9.52 Å². The molecular formula is C12H7F3O4. The molecule has 0 radical (unpaired) electrons. The highest BCUT2D eigenvalue weighted by atomic mass is 19.4. The zero-order valence-corrected chi connectivity index (χ0v) is 9.54. The molecule has 1 heterocycles. The van der Waals surface area contributed by atoms with Crippen molar-refractivity contribution in [2.45, 2.75) is 13.1 Å². The van der Waals surface area contributed by atoms with Crippen molar-refractivity contribution < 1.29 is 27.5 Å². The van der Waals surface area contributed by atoms with Gasteiger partial charge in [0.1, 0.15) is 5.75 Å². The molecule has 1 N–H and O–H groups in total. The summed E-state index contributed by atoms with van der Waals surface area (Å²) in [6.07, 6.45) is -4.62. The summed E-state index contributed by atoms with van der Waals surface area (Å²) < 4.78 is 43.1. The number of halogens is 3. The van der Waals surface area contributed by atoms with Crippen molar-refractivity contribution in [3.63, 3.8) is 0 Å². The molecule has 4 nitrogen and oxygen atoms in total. The molecule has 0 saturated heterocycles. The lowest BCUT2D eigenvalue weighted by Gasteiger charge is -2.11. The van der Waals surface area contributed by atoms with Crippen LogP contribution in [-0.2, 0) is 6.18 Å². The third-order valence-electron chi connectivity index (χ3n) is 2.66. The largest absolute Gasteiger partial charge is 0.507 e. The minimum Gasteiger partial charge on any atom is -0.507 e. The summed E-state index contributed by atoms with van der Waals surface area (Å²) in [5.74, 6) is -0.509. The molecule has 2 aromatic rings. The normalized spacial score (nSPS) is 11.8. The topological polar surface area (TPSA) is 67.5 Å². The zero-order valence-electron chi connectivity index (χ0n) is 9.54. The van der Waals surface area contributed by atoms with E-state index in [1.165, 1.54) is 6.92 Å². The van der Waals surface area contributed by atoms with Crippen LogP contribution in [0.5, 0.6) is 5.75 Å². The second kappa shape index (κ2) is 4.11. The lowest BCUT2D eigenvalue weighted by molar-refractivity contribution is -0.136. The molecule has 0 atom stereocenters. The number of aldehydes is 1. The quantitative estimate of drug-likeness (QED) is 0.640. The molecule has 0 aliphatic carbocycles. The number of carbonyl (C=O) groups is 1. The zero-order chi connectivity index (χ0) is 14.4. The average molecular weight is 272 g/mol. The summed E-state index contributed by atoms with van der Waals surface area (Å²) in [7, 11) is 0. The van der Waals surface area contributed by atoms with Gasteiger partial charge in [0.25, 0.3) is 0 Å². The number of phenolic OH excluding ortho intramolecular Hbond substituents is 1. The van der Waals surface area contributed by atoms with Crippen LogP contribution in [0, 0.1) is 6.92 Å². The molecule has 2 rings (SSSR count). The Bertz CT molecular complexity index is 728. The Morgan fingerprint density at radius 2 is 1.95 bits per heavy atom. The molecule has 0 aliphatic rings. The van der Waals surface area contributed by atoms with Gasteiger partial charge in [-0.05, 0) is 18.6 Å². The van der Waals surface area contributed by atoms with Crippen molar-refractivity contribution >= 4 is 17.3 Å². The van der Waals surface area contributed by atoms with E-state index in [-0.39, 0.29) is 11.8 Å². The van der Waals surface area contributed by atoms with E-state index >= 15 is 0 Å². The molecule has 19 heavy (non-hydrogen) atoms. The van der Waals surface area contributed by atoms with Crippen LogP contribution >= 0.6 is 0 Å². The number of hydrogen-bond acceptors (Lipinski definition) is 4. The van der Waals surface area contributed by atoms with E-state index in [1.54, 1.807) is 0 Å². The SMILES string of the molecule is Cc1cc2c(C(F)(F)F)cc(=O)oc2c(C=O)c1O. The summed E-state index contributed by atoms with van der Waals surface area (Å²) in [6.45, 7) is 1.34. The molecule has 0 saturated carbocycles. The first-order valence-electron chi connectivity index (χ1n) is 5.08. The van der Waals surface area contributed by atoms with Crippen molar-refractivity contribution in [2.75, 3.05) is 0 Å². The summed E-state index contributed by atoms with van der Waals surface area (Å²) in [5.41, 5.74) is -3.42. The lowest BCUT2D eigenvalue weighted by Crippen LogP contribution is -2.11. The fourth-order valence-corrected chi connectivity index (χ4v) is 1.79. The van der Waals surface area contributed by atoms with E-state index in [9.17, 15) is 27.9 Å². The molecule has 0 spiro atoms. The van der Waals surface area contributed by atoms with Crippen molar-refractivity contribution in [3.05, 3.63) is 39.2 Å². The number of carbonyl (C=O) groups excluding carboxylic acids is 1. The molecule has 1 aromatic heterocycles. The number of rotatable bonds is 1. The van der Waals surface area contributed by atoms with Crippen LogP contribution in [-0.4, -0.2) is 11.4 Å². The first kappa shape index (κ1) is 13.1. The highest BCUT2D eigenvalue weighted by Gasteiger charge is 2.34. The fourth-order valence-electron chi connectivity index (χ4n) is 1.79. The summed E-state index contributed by atoms with van der Waals surface area (Å²) >= 11 is 0. The van der Waals surface area contributed by atoms with Crippen molar-refractivity contribution in [1.82, 2.24) is 0 Å². The minimum atomic E-state index is -4.77. The van der Waals surface area contributed by atoms with E-state index in [4.69, 9.17) is 0 Å². The molecule has 0 bridgehead atoms. The van der Waals surface area contributed by atoms with Gasteiger partial charge in [0.2, 0.25) is 0 Å². The van der Waals surface area contributed by atoms with Crippen LogP contribution in [0.25, 0.3) is 11.0 Å². The Morgan fingerprint density at radius 3 is 2.47 bits per heavy atom. The number of aromatic hydroxyl groups is 1. The van der Waals surface area contributed by atoms with Gasteiger partial charge in [-0.2, -0.15) is 13.2 Å². The lowest BCUT2D eigenvalue weighted by atomic mass is 10.0. The van der Waals surface area contributed by atoms with Crippen molar-refractivity contribution in [3.8, 4) is 5.75 Å². The number of phenols is 1. The highest BCUT2D eigenvalue weighted by molar-refractivity contribution is 5.99. The monoisotopic (exact) mass is 272 g/mol. The van der Waals surface area contributed by atoms with E-state index in [1.807, 2.05) is 0 Å². The summed E-state index contributed by atoms with van der Waals surface area (Å²) in [4.78, 5) is 22.0. The van der Waals surface area contributed by atoms with Crippen LogP contribution < -0.4 is 5.63 Å². The highest BCUT2D eigenvalue weighted by Crippen LogP contribution is 2.37. The first-order chi connectivity index (χ1) is 8.75. The summed E-state index contributed by atoms with van der Waals surface area (Å²) in [6, 6.07) is 1.33. The number of benzene rings is 1. The van der Waals surface area contributed by atoms with Crippen LogP contribution in [0.1, 0.15) is 21.5 Å². The molecule has 100 valence electrons. The Hall–Kier alpha value is -2.31. The maximum Gasteiger partial charge on any atom is 0.417 e. The second-order valence-corrected chi connectivity index (χ2v) is 3.93. The van der Waals surface area contributed by atoms with Gasteiger partial charge in [0.15, 0.2) is 11.9 Å². The van der Waals surface area contributed by atoms with E-state index in [2.05, 4.69) is 4.42 Å². The molecule has 0 unspecified atom stereocenters. The van der Waals surface area contributed by atoms with E-state index in [0.29, 0.717) is 6.07 Å². The third-order valence-corrected chi connectivity index (χ3v) is 2.66. The summed E-state index contributed by atoms with van der Waals surface area (Å²) in [5, 5.41) is 9.17. The van der Waals surface area contributed by atoms with Gasteiger partial charge in [0, 0.05) is 11.5 Å². The average Bonchev–Trinajstić information content (AvgIpc) is 2.29. The second-order valence-electron chi connectivity index (χ2n) is 3.93. The number of aryl methyl sites for hydroxylation is 1. The molecular weight excluding hydrogens is 265 g/mol. The van der Waals surface area contributed by atoms with Gasteiger partial charge in [0.05, 0.1) is 11.1 Å². The predicted octanol–water partition coefficient (Wildman–Crippen LogP) is 2.64. The number of alkyl halides is 3. The third kappa shape index (κ3) is 2.07. The molecule has 0 fully saturated rings. The van der Waals surface area contributed by atoms with Crippen molar-refractivity contribution in [2.24, 2.45) is 0 Å². The Morgan fingerprint density at radius 1 is 1.32 bits per heavy atom. The van der Waals surface area contributed by atoms with E-state index < -0.39 is 39.6 Å². The van der Waals surface area contributed by atoms with Gasteiger partial charge in [-0.25, -0.2) is 4.79 Å². The van der Waals surface area contributed by atoms with Gasteiger partial charge in [-0.3, -0.25) is 4.79 Å². The van der Waals surface area contributed by atoms with Crippen LogP contribution in [0.3, 0.4) is 0 Å². The maximum atomic E-state index is 12.8. The predicted molar refractivity (Wildman–Crippen MR) is 59.3 cm³/mol. The molecule has 1 aromatic carbocycles. The van der Waals surface area contributed by atoms with Crippen molar-refractivity contribution in [1.29, 1.82) is 0 Å². The fraction of sp³-hybridized carbons (Fsp3) is 0.167. The smallest absolute Gasteiger partial charge is 0.417 e. The van der Waals surface area contributed by atoms with Crippen LogP contribution in [0.2, 0.25) is 0 Å². The molecule has 7 heteroatoms. The van der Waals surface area contributed by atoms with E-state index in [0.717, 1.165) is 6.07 Å². The minimum absolute atomic E-state index is 0.0777. The van der Waals surface area contributed by atoms with Gasteiger partial charge >= 0.3 is 11.8 Å². The molecule has 0 amide bonds. The standard InChI is InChI=1S/C12H7F3O4/c1-5-2-6-8(12(13,14)15)3-9(17)19-11(6)7(4-16)10(5)18/h2-4,18H,1H3. The number of hydrogen-bond donors (Lipinski definition) is 1. The Labute approximate surface area is 104 Å². The number of fused-ring (bicyclic) bond motifs is 1. The Balaban J connectivity index is 3.07. The van der Waals surface area contributed by atoms with Gasteiger partial charge in [-0.15, -0.1) is 0 Å². The van der Waals surface area contributed by atoms with Crippen LogP contribution in [0.15, 0.2) is 21.3 Å².